The summed E-state index contributed by atoms with van der Waals surface area (Å²) in [6.45, 7) is 4.51. The lowest BCUT2D eigenvalue weighted by Gasteiger charge is -2.11. The number of ether oxygens (including phenoxy) is 2. The number of hydrogen-bond donors (Lipinski definition) is 1. The molecule has 0 spiro atoms. The van der Waals surface area contributed by atoms with Crippen LogP contribution in [0.5, 0.6) is 11.5 Å². The average molecular weight is 257 g/mol. The van der Waals surface area contributed by atoms with Crippen molar-refractivity contribution in [3.05, 3.63) is 53.1 Å². The molecule has 0 aliphatic rings. The van der Waals surface area contributed by atoms with Crippen LogP contribution in [0, 0.1) is 13.8 Å². The molecule has 0 saturated carbocycles. The number of anilines is 1. The zero-order valence-electron chi connectivity index (χ0n) is 11.6. The van der Waals surface area contributed by atoms with E-state index in [1.807, 2.05) is 50.2 Å². The van der Waals surface area contributed by atoms with E-state index < -0.39 is 0 Å². The minimum absolute atomic E-state index is 0.535. The van der Waals surface area contributed by atoms with Gasteiger partial charge in [-0.05, 0) is 54.8 Å². The SMILES string of the molecule is COc1ccc(COc2cc(C)c(N)c(C)c2)cc1. The smallest absolute Gasteiger partial charge is 0.120 e. The number of methoxy groups -OCH3 is 1. The fourth-order valence-corrected chi connectivity index (χ4v) is 1.91. The standard InChI is InChI=1S/C16H19NO2/c1-11-8-15(9-12(2)16(11)17)19-10-13-4-6-14(18-3)7-5-13/h4-9H,10,17H2,1-3H3. The molecule has 2 N–H and O–H groups in total. The molecule has 100 valence electrons. The summed E-state index contributed by atoms with van der Waals surface area (Å²) in [5, 5.41) is 0. The van der Waals surface area contributed by atoms with Crippen LogP contribution in [0.2, 0.25) is 0 Å². The van der Waals surface area contributed by atoms with Crippen LogP contribution in [0.1, 0.15) is 16.7 Å². The van der Waals surface area contributed by atoms with Gasteiger partial charge in [-0.2, -0.15) is 0 Å². The van der Waals surface area contributed by atoms with Crippen molar-refractivity contribution in [1.29, 1.82) is 0 Å². The number of aryl methyl sites for hydroxylation is 2. The lowest BCUT2D eigenvalue weighted by molar-refractivity contribution is 0.305. The highest BCUT2D eigenvalue weighted by molar-refractivity contribution is 5.56. The number of nitrogen functional groups attached to an aromatic ring is 1. The fourth-order valence-electron chi connectivity index (χ4n) is 1.91. The van der Waals surface area contributed by atoms with E-state index in [1.165, 1.54) is 0 Å². The van der Waals surface area contributed by atoms with Crippen LogP contribution in [0.25, 0.3) is 0 Å². The first kappa shape index (κ1) is 13.3. The molecule has 0 aliphatic carbocycles. The van der Waals surface area contributed by atoms with Crippen LogP contribution in [-0.2, 0) is 6.61 Å². The lowest BCUT2D eigenvalue weighted by atomic mass is 10.1. The van der Waals surface area contributed by atoms with Gasteiger partial charge in [0, 0.05) is 5.69 Å². The second-order valence-electron chi connectivity index (χ2n) is 4.61. The van der Waals surface area contributed by atoms with Gasteiger partial charge in [0.25, 0.3) is 0 Å². The quantitative estimate of drug-likeness (QED) is 0.853. The third kappa shape index (κ3) is 3.19. The third-order valence-electron chi connectivity index (χ3n) is 3.13. The summed E-state index contributed by atoms with van der Waals surface area (Å²) in [5.41, 5.74) is 9.95. The fraction of sp³-hybridized carbons (Fsp3) is 0.250. The molecule has 0 atom stereocenters. The van der Waals surface area contributed by atoms with Gasteiger partial charge in [0.15, 0.2) is 0 Å². The molecule has 0 bridgehead atoms. The topological polar surface area (TPSA) is 44.5 Å². The molecular weight excluding hydrogens is 238 g/mol. The van der Waals surface area contributed by atoms with Crippen molar-refractivity contribution in [1.82, 2.24) is 0 Å². The Balaban J connectivity index is 2.05. The molecule has 0 heterocycles. The minimum Gasteiger partial charge on any atom is -0.497 e. The van der Waals surface area contributed by atoms with E-state index >= 15 is 0 Å². The van der Waals surface area contributed by atoms with Crippen LogP contribution in [0.4, 0.5) is 5.69 Å². The molecule has 2 aromatic rings. The molecule has 2 aromatic carbocycles. The van der Waals surface area contributed by atoms with E-state index in [9.17, 15) is 0 Å². The van der Waals surface area contributed by atoms with E-state index in [0.29, 0.717) is 6.61 Å². The van der Waals surface area contributed by atoms with Crippen LogP contribution in [0.15, 0.2) is 36.4 Å². The number of hydrogen-bond acceptors (Lipinski definition) is 3. The molecule has 0 saturated heterocycles. The Morgan fingerprint density at radius 3 is 2.05 bits per heavy atom. The highest BCUT2D eigenvalue weighted by atomic mass is 16.5. The molecule has 0 aliphatic heterocycles. The summed E-state index contributed by atoms with van der Waals surface area (Å²) >= 11 is 0. The third-order valence-corrected chi connectivity index (χ3v) is 3.13. The van der Waals surface area contributed by atoms with Gasteiger partial charge in [0.2, 0.25) is 0 Å². The van der Waals surface area contributed by atoms with Gasteiger partial charge in [-0.15, -0.1) is 0 Å². The molecule has 0 radical (unpaired) electrons. The summed E-state index contributed by atoms with van der Waals surface area (Å²) in [7, 11) is 1.66. The predicted octanol–water partition coefficient (Wildman–Crippen LogP) is 3.47. The van der Waals surface area contributed by atoms with E-state index in [2.05, 4.69) is 0 Å². The highest BCUT2D eigenvalue weighted by Crippen LogP contribution is 2.24. The molecule has 0 unspecified atom stereocenters. The predicted molar refractivity (Wildman–Crippen MR) is 77.7 cm³/mol. The van der Waals surface area contributed by atoms with Gasteiger partial charge in [0.05, 0.1) is 7.11 Å². The molecule has 0 amide bonds. The Hall–Kier alpha value is -2.16. The Morgan fingerprint density at radius 2 is 1.53 bits per heavy atom. The molecule has 19 heavy (non-hydrogen) atoms. The van der Waals surface area contributed by atoms with Crippen molar-refractivity contribution in [2.24, 2.45) is 0 Å². The van der Waals surface area contributed by atoms with Crippen molar-refractivity contribution in [3.8, 4) is 11.5 Å². The van der Waals surface area contributed by atoms with Crippen LogP contribution < -0.4 is 15.2 Å². The second-order valence-corrected chi connectivity index (χ2v) is 4.61. The average Bonchev–Trinajstić information content (AvgIpc) is 2.43. The number of nitrogens with two attached hydrogens (primary N) is 1. The summed E-state index contributed by atoms with van der Waals surface area (Å²) < 4.78 is 10.9. The Kier molecular flexibility index (Phi) is 3.95. The van der Waals surface area contributed by atoms with Gasteiger partial charge < -0.3 is 15.2 Å². The van der Waals surface area contributed by atoms with Gasteiger partial charge in [-0.1, -0.05) is 12.1 Å². The zero-order valence-corrected chi connectivity index (χ0v) is 11.6. The molecular formula is C16H19NO2. The maximum Gasteiger partial charge on any atom is 0.120 e. The Morgan fingerprint density at radius 1 is 0.947 bits per heavy atom. The van der Waals surface area contributed by atoms with E-state index in [-0.39, 0.29) is 0 Å². The molecule has 3 heteroatoms. The van der Waals surface area contributed by atoms with E-state index in [4.69, 9.17) is 15.2 Å². The molecule has 0 aromatic heterocycles. The first-order valence-electron chi connectivity index (χ1n) is 6.22. The van der Waals surface area contributed by atoms with Crippen LogP contribution in [-0.4, -0.2) is 7.11 Å². The first-order chi connectivity index (χ1) is 9.10. The van der Waals surface area contributed by atoms with E-state index in [0.717, 1.165) is 33.9 Å². The summed E-state index contributed by atoms with van der Waals surface area (Å²) in [4.78, 5) is 0. The molecule has 0 fully saturated rings. The van der Waals surface area contributed by atoms with Crippen molar-refractivity contribution in [2.45, 2.75) is 20.5 Å². The Labute approximate surface area is 114 Å². The summed E-state index contributed by atoms with van der Waals surface area (Å²) in [6, 6.07) is 11.8. The van der Waals surface area contributed by atoms with Gasteiger partial charge >= 0.3 is 0 Å². The Bertz CT molecular complexity index is 538. The summed E-state index contributed by atoms with van der Waals surface area (Å²) in [5.74, 6) is 1.70. The normalized spacial score (nSPS) is 10.3. The van der Waals surface area contributed by atoms with Crippen molar-refractivity contribution < 1.29 is 9.47 Å². The number of rotatable bonds is 4. The van der Waals surface area contributed by atoms with Crippen molar-refractivity contribution in [3.63, 3.8) is 0 Å². The molecule has 2 rings (SSSR count). The van der Waals surface area contributed by atoms with Crippen molar-refractivity contribution in [2.75, 3.05) is 12.8 Å². The number of benzene rings is 2. The highest BCUT2D eigenvalue weighted by Gasteiger charge is 2.03. The minimum atomic E-state index is 0.535. The maximum atomic E-state index is 5.92. The first-order valence-corrected chi connectivity index (χ1v) is 6.22. The van der Waals surface area contributed by atoms with Gasteiger partial charge in [-0.3, -0.25) is 0 Å². The molecule has 3 nitrogen and oxygen atoms in total. The van der Waals surface area contributed by atoms with Gasteiger partial charge in [0.1, 0.15) is 18.1 Å². The summed E-state index contributed by atoms with van der Waals surface area (Å²) in [6.07, 6.45) is 0. The lowest BCUT2D eigenvalue weighted by Crippen LogP contribution is -1.99. The van der Waals surface area contributed by atoms with Crippen molar-refractivity contribution >= 4 is 5.69 Å². The van der Waals surface area contributed by atoms with E-state index in [1.54, 1.807) is 7.11 Å². The second kappa shape index (κ2) is 5.65. The van der Waals surface area contributed by atoms with Crippen LogP contribution >= 0.6 is 0 Å². The monoisotopic (exact) mass is 257 g/mol. The zero-order chi connectivity index (χ0) is 13.8. The van der Waals surface area contributed by atoms with Gasteiger partial charge in [-0.25, -0.2) is 0 Å². The van der Waals surface area contributed by atoms with Crippen LogP contribution in [0.3, 0.4) is 0 Å². The largest absolute Gasteiger partial charge is 0.497 e. The maximum absolute atomic E-state index is 5.92.